The number of halogens is 1. The number of thiazole rings is 1. The van der Waals surface area contributed by atoms with Crippen LogP contribution in [-0.2, 0) is 19.1 Å². The highest BCUT2D eigenvalue weighted by Gasteiger charge is 2.21. The normalized spacial score (nSPS) is 10.2. The molecule has 138 valence electrons. The molecule has 0 atom stereocenters. The number of hydrogen-bond acceptors (Lipinski definition) is 7. The first-order valence-corrected chi connectivity index (χ1v) is 9.25. The Morgan fingerprint density at radius 3 is 2.42 bits per heavy atom. The third kappa shape index (κ3) is 5.06. The number of esters is 2. The number of benzene rings is 1. The number of rotatable bonds is 7. The minimum atomic E-state index is -0.747. The Balaban J connectivity index is 2.28. The van der Waals surface area contributed by atoms with E-state index in [0.717, 1.165) is 16.3 Å². The molecule has 0 bridgehead atoms. The standard InChI is InChI=1S/C18H19ClN2O4S/c1-4-24-17(22)14(18(23)25-5-2)9-20-12-6-7-15(19)13(8-12)16-21-11(3)10-26-16/h6-10,20H,4-5H2,1-3H3. The Kier molecular flexibility index (Phi) is 7.17. The maximum absolute atomic E-state index is 12.0. The zero-order valence-electron chi connectivity index (χ0n) is 14.7. The average molecular weight is 395 g/mol. The summed E-state index contributed by atoms with van der Waals surface area (Å²) in [5.41, 5.74) is 2.10. The molecule has 0 radical (unpaired) electrons. The summed E-state index contributed by atoms with van der Waals surface area (Å²) in [4.78, 5) is 28.4. The quantitative estimate of drug-likeness (QED) is 0.328. The second-order valence-corrected chi connectivity index (χ2v) is 6.40. The average Bonchev–Trinajstić information content (AvgIpc) is 3.03. The second-order valence-electron chi connectivity index (χ2n) is 5.13. The predicted octanol–water partition coefficient (Wildman–Crippen LogP) is 4.19. The number of aryl methyl sites for hydroxylation is 1. The number of aromatic nitrogens is 1. The molecule has 0 saturated carbocycles. The molecule has 1 N–H and O–H groups in total. The SMILES string of the molecule is CCOC(=O)C(=CNc1ccc(Cl)c(-c2nc(C)cs2)c1)C(=O)OCC. The van der Waals surface area contributed by atoms with Crippen molar-refractivity contribution < 1.29 is 19.1 Å². The van der Waals surface area contributed by atoms with Gasteiger partial charge < -0.3 is 14.8 Å². The predicted molar refractivity (Wildman–Crippen MR) is 102 cm³/mol. The summed E-state index contributed by atoms with van der Waals surface area (Å²) in [6.45, 7) is 5.54. The van der Waals surface area contributed by atoms with E-state index in [1.54, 1.807) is 32.0 Å². The summed E-state index contributed by atoms with van der Waals surface area (Å²) in [5, 5.41) is 6.21. The summed E-state index contributed by atoms with van der Waals surface area (Å²) in [5.74, 6) is -1.49. The van der Waals surface area contributed by atoms with E-state index >= 15 is 0 Å². The molecule has 0 aliphatic heterocycles. The van der Waals surface area contributed by atoms with Crippen molar-refractivity contribution in [1.29, 1.82) is 0 Å². The highest BCUT2D eigenvalue weighted by molar-refractivity contribution is 7.13. The molecule has 0 aliphatic carbocycles. The number of nitrogens with one attached hydrogen (secondary N) is 1. The van der Waals surface area contributed by atoms with Crippen LogP contribution in [0.2, 0.25) is 5.02 Å². The Morgan fingerprint density at radius 1 is 1.23 bits per heavy atom. The molecular formula is C18H19ClN2O4S. The number of carbonyl (C=O) groups excluding carboxylic acids is 2. The molecule has 1 aromatic heterocycles. The Bertz CT molecular complexity index is 812. The molecule has 8 heteroatoms. The molecule has 2 aromatic rings. The minimum Gasteiger partial charge on any atom is -0.462 e. The monoisotopic (exact) mass is 394 g/mol. The Morgan fingerprint density at radius 2 is 1.88 bits per heavy atom. The fourth-order valence-corrected chi connectivity index (χ4v) is 3.12. The summed E-state index contributed by atoms with van der Waals surface area (Å²) < 4.78 is 9.79. The van der Waals surface area contributed by atoms with Crippen LogP contribution in [0.4, 0.5) is 5.69 Å². The van der Waals surface area contributed by atoms with Crippen molar-refractivity contribution in [3.8, 4) is 10.6 Å². The summed E-state index contributed by atoms with van der Waals surface area (Å²) in [7, 11) is 0. The third-order valence-electron chi connectivity index (χ3n) is 3.19. The molecule has 2 rings (SSSR count). The minimum absolute atomic E-state index is 0.157. The molecule has 0 aliphatic rings. The van der Waals surface area contributed by atoms with Crippen LogP contribution in [0.3, 0.4) is 0 Å². The zero-order chi connectivity index (χ0) is 19.1. The van der Waals surface area contributed by atoms with Crippen LogP contribution in [0.5, 0.6) is 0 Å². The van der Waals surface area contributed by atoms with Crippen molar-refractivity contribution in [2.75, 3.05) is 18.5 Å². The van der Waals surface area contributed by atoms with Crippen LogP contribution in [-0.4, -0.2) is 30.1 Å². The lowest BCUT2D eigenvalue weighted by atomic mass is 10.2. The van der Waals surface area contributed by atoms with Crippen LogP contribution in [0, 0.1) is 6.92 Å². The maximum Gasteiger partial charge on any atom is 0.347 e. The molecule has 0 amide bonds. The highest BCUT2D eigenvalue weighted by atomic mass is 35.5. The number of hydrogen-bond donors (Lipinski definition) is 1. The Hall–Kier alpha value is -2.38. The first kappa shape index (κ1) is 19.9. The van der Waals surface area contributed by atoms with Gasteiger partial charge in [-0.1, -0.05) is 11.6 Å². The van der Waals surface area contributed by atoms with E-state index in [1.165, 1.54) is 17.5 Å². The smallest absolute Gasteiger partial charge is 0.347 e. The van der Waals surface area contributed by atoms with Crippen LogP contribution in [0.25, 0.3) is 10.6 Å². The fraction of sp³-hybridized carbons (Fsp3) is 0.278. The topological polar surface area (TPSA) is 77.5 Å². The van der Waals surface area contributed by atoms with Gasteiger partial charge in [-0.05, 0) is 39.0 Å². The van der Waals surface area contributed by atoms with Crippen LogP contribution in [0.15, 0.2) is 35.4 Å². The number of carbonyl (C=O) groups is 2. The number of anilines is 1. The van der Waals surface area contributed by atoms with Crippen molar-refractivity contribution in [3.63, 3.8) is 0 Å². The lowest BCUT2D eigenvalue weighted by Crippen LogP contribution is -2.19. The van der Waals surface area contributed by atoms with E-state index in [-0.39, 0.29) is 18.8 Å². The lowest BCUT2D eigenvalue weighted by Gasteiger charge is -2.09. The fourth-order valence-electron chi connectivity index (χ4n) is 2.03. The van der Waals surface area contributed by atoms with Crippen molar-refractivity contribution in [2.45, 2.75) is 20.8 Å². The molecule has 1 aromatic carbocycles. The summed E-state index contributed by atoms with van der Waals surface area (Å²) in [6.07, 6.45) is 1.27. The molecule has 0 spiro atoms. The first-order chi connectivity index (χ1) is 12.5. The number of nitrogens with zero attached hydrogens (tertiary/aromatic N) is 1. The van der Waals surface area contributed by atoms with E-state index in [4.69, 9.17) is 21.1 Å². The first-order valence-electron chi connectivity index (χ1n) is 7.99. The van der Waals surface area contributed by atoms with Crippen LogP contribution >= 0.6 is 22.9 Å². The van der Waals surface area contributed by atoms with E-state index in [0.29, 0.717) is 10.7 Å². The molecule has 0 fully saturated rings. The molecule has 0 unspecified atom stereocenters. The molecular weight excluding hydrogens is 376 g/mol. The molecule has 1 heterocycles. The van der Waals surface area contributed by atoms with Gasteiger partial charge >= 0.3 is 11.9 Å². The van der Waals surface area contributed by atoms with Gasteiger partial charge in [-0.25, -0.2) is 14.6 Å². The van der Waals surface area contributed by atoms with Crippen molar-refractivity contribution in [2.24, 2.45) is 0 Å². The van der Waals surface area contributed by atoms with Crippen molar-refractivity contribution in [1.82, 2.24) is 4.98 Å². The van der Waals surface area contributed by atoms with Gasteiger partial charge in [-0.15, -0.1) is 11.3 Å². The van der Waals surface area contributed by atoms with Crippen LogP contribution < -0.4 is 5.32 Å². The van der Waals surface area contributed by atoms with Crippen LogP contribution in [0.1, 0.15) is 19.5 Å². The number of ether oxygens (including phenoxy) is 2. The second kappa shape index (κ2) is 9.35. The summed E-state index contributed by atoms with van der Waals surface area (Å²) >= 11 is 7.75. The van der Waals surface area contributed by atoms with Gasteiger partial charge in [0, 0.05) is 28.5 Å². The van der Waals surface area contributed by atoms with Crippen molar-refractivity contribution in [3.05, 3.63) is 46.1 Å². The van der Waals surface area contributed by atoms with Gasteiger partial charge in [-0.3, -0.25) is 0 Å². The zero-order valence-corrected chi connectivity index (χ0v) is 16.2. The largest absolute Gasteiger partial charge is 0.462 e. The summed E-state index contributed by atoms with van der Waals surface area (Å²) in [6, 6.07) is 5.25. The van der Waals surface area contributed by atoms with E-state index in [9.17, 15) is 9.59 Å². The van der Waals surface area contributed by atoms with Gasteiger partial charge in [0.05, 0.1) is 18.2 Å². The van der Waals surface area contributed by atoms with Gasteiger partial charge in [0.25, 0.3) is 0 Å². The molecule has 0 saturated heterocycles. The third-order valence-corrected chi connectivity index (χ3v) is 4.51. The van der Waals surface area contributed by atoms with Crippen molar-refractivity contribution >= 4 is 40.6 Å². The van der Waals surface area contributed by atoms with E-state index in [1.807, 2.05) is 12.3 Å². The Labute approximate surface area is 160 Å². The van der Waals surface area contributed by atoms with Gasteiger partial charge in [0.2, 0.25) is 0 Å². The highest BCUT2D eigenvalue weighted by Crippen LogP contribution is 2.32. The molecule has 26 heavy (non-hydrogen) atoms. The lowest BCUT2D eigenvalue weighted by molar-refractivity contribution is -0.146. The van der Waals surface area contributed by atoms with E-state index in [2.05, 4.69) is 10.3 Å². The van der Waals surface area contributed by atoms with Gasteiger partial charge in [-0.2, -0.15) is 0 Å². The van der Waals surface area contributed by atoms with E-state index < -0.39 is 11.9 Å². The van der Waals surface area contributed by atoms with Gasteiger partial charge in [0.1, 0.15) is 5.01 Å². The maximum atomic E-state index is 12.0. The van der Waals surface area contributed by atoms with Gasteiger partial charge in [0.15, 0.2) is 5.57 Å². The molecule has 6 nitrogen and oxygen atoms in total.